The van der Waals surface area contributed by atoms with Crippen molar-refractivity contribution < 1.29 is 4.79 Å². The molecule has 0 fully saturated rings. The quantitative estimate of drug-likeness (QED) is 0.932. The van der Waals surface area contributed by atoms with Crippen LogP contribution in [0.5, 0.6) is 0 Å². The van der Waals surface area contributed by atoms with E-state index in [1.807, 2.05) is 39.4 Å². The Hall–Kier alpha value is -1.75. The lowest BCUT2D eigenvalue weighted by Gasteiger charge is -2.25. The molecule has 1 aliphatic rings. The summed E-state index contributed by atoms with van der Waals surface area (Å²) in [5.41, 5.74) is 3.80. The molecule has 2 rings (SSSR count). The summed E-state index contributed by atoms with van der Waals surface area (Å²) in [6.07, 6.45) is 1.98. The summed E-state index contributed by atoms with van der Waals surface area (Å²) in [7, 11) is 4.02. The van der Waals surface area contributed by atoms with E-state index in [4.69, 9.17) is 0 Å². The van der Waals surface area contributed by atoms with Crippen LogP contribution in [0.25, 0.3) is 0 Å². The van der Waals surface area contributed by atoms with Crippen LogP contribution in [-0.4, -0.2) is 31.3 Å². The van der Waals surface area contributed by atoms with Gasteiger partial charge in [-0.25, -0.2) is 4.99 Å². The first-order chi connectivity index (χ1) is 9.93. The van der Waals surface area contributed by atoms with Gasteiger partial charge in [0.1, 0.15) is 6.04 Å². The number of allylic oxidation sites excluding steroid dienone is 1. The van der Waals surface area contributed by atoms with Crippen LogP contribution < -0.4 is 10.2 Å². The number of nitrogens with zero attached hydrogens (tertiary/aromatic N) is 2. The Bertz CT molecular complexity index is 602. The lowest BCUT2D eigenvalue weighted by Crippen LogP contribution is -2.28. The van der Waals surface area contributed by atoms with Gasteiger partial charge < -0.3 is 10.2 Å². The van der Waals surface area contributed by atoms with Crippen LogP contribution in [0.4, 0.5) is 5.69 Å². The van der Waals surface area contributed by atoms with E-state index in [1.54, 1.807) is 18.7 Å². The second-order valence-electron chi connectivity index (χ2n) is 5.25. The lowest BCUT2D eigenvalue weighted by atomic mass is 9.94. The van der Waals surface area contributed by atoms with Gasteiger partial charge in [0.15, 0.2) is 11.0 Å². The first-order valence-electron chi connectivity index (χ1n) is 6.82. The Morgan fingerprint density at radius 3 is 2.38 bits per heavy atom. The smallest absolute Gasteiger partial charge is 0.161 e. The van der Waals surface area contributed by atoms with Gasteiger partial charge >= 0.3 is 0 Å². The summed E-state index contributed by atoms with van der Waals surface area (Å²) in [5, 5.41) is 4.04. The molecular formula is C16H21N3OS. The number of rotatable bonds is 3. The molecule has 1 aliphatic heterocycles. The van der Waals surface area contributed by atoms with Crippen molar-refractivity contribution in [2.24, 2.45) is 4.99 Å². The zero-order chi connectivity index (χ0) is 15.6. The lowest BCUT2D eigenvalue weighted by molar-refractivity contribution is -0.113. The van der Waals surface area contributed by atoms with Crippen LogP contribution >= 0.6 is 11.8 Å². The predicted molar refractivity (Wildman–Crippen MR) is 91.0 cm³/mol. The summed E-state index contributed by atoms with van der Waals surface area (Å²) in [6.45, 7) is 3.53. The monoisotopic (exact) mass is 303 g/mol. The summed E-state index contributed by atoms with van der Waals surface area (Å²) >= 11 is 1.55. The molecule has 0 aliphatic carbocycles. The number of Topliss-reactive ketones (excluding diaryl/α,β-unsaturated/α-hetero) is 1. The van der Waals surface area contributed by atoms with Gasteiger partial charge in [-0.15, -0.1) is 0 Å². The number of anilines is 1. The molecule has 112 valence electrons. The fraction of sp³-hybridized carbons (Fsp3) is 0.375. The van der Waals surface area contributed by atoms with Crippen LogP contribution in [0.2, 0.25) is 0 Å². The number of aliphatic imine (C=N–C) groups is 1. The van der Waals surface area contributed by atoms with Crippen LogP contribution in [-0.2, 0) is 4.79 Å². The maximum absolute atomic E-state index is 12.0. The van der Waals surface area contributed by atoms with Crippen molar-refractivity contribution >= 4 is 28.4 Å². The number of benzene rings is 1. The number of amidine groups is 1. The van der Waals surface area contributed by atoms with Crippen molar-refractivity contribution in [1.29, 1.82) is 0 Å². The third-order valence-electron chi connectivity index (χ3n) is 3.52. The largest absolute Gasteiger partial charge is 0.378 e. The van der Waals surface area contributed by atoms with E-state index >= 15 is 0 Å². The molecule has 0 saturated carbocycles. The highest BCUT2D eigenvalue weighted by atomic mass is 32.2. The Morgan fingerprint density at radius 1 is 1.29 bits per heavy atom. The highest BCUT2D eigenvalue weighted by Gasteiger charge is 2.26. The van der Waals surface area contributed by atoms with E-state index in [2.05, 4.69) is 27.3 Å². The SMILES string of the molecule is CSC1=NC(c2ccc(N(C)C)cc2)C(C(C)=O)=C(C)N1. The third kappa shape index (κ3) is 3.29. The number of carbonyl (C=O) groups is 1. The van der Waals surface area contributed by atoms with Crippen molar-refractivity contribution in [3.63, 3.8) is 0 Å². The van der Waals surface area contributed by atoms with Crippen molar-refractivity contribution in [2.75, 3.05) is 25.3 Å². The molecule has 1 aromatic carbocycles. The molecule has 0 saturated heterocycles. The number of thioether (sulfide) groups is 1. The first-order valence-corrected chi connectivity index (χ1v) is 8.04. The fourth-order valence-corrected chi connectivity index (χ4v) is 2.87. The van der Waals surface area contributed by atoms with Gasteiger partial charge in [0.2, 0.25) is 0 Å². The minimum Gasteiger partial charge on any atom is -0.378 e. The number of hydrogen-bond acceptors (Lipinski definition) is 5. The second-order valence-corrected chi connectivity index (χ2v) is 6.04. The number of ketones is 1. The van der Waals surface area contributed by atoms with Gasteiger partial charge in [-0.2, -0.15) is 0 Å². The van der Waals surface area contributed by atoms with Gasteiger partial charge in [-0.3, -0.25) is 4.79 Å². The Labute approximate surface area is 130 Å². The topological polar surface area (TPSA) is 44.7 Å². The molecule has 21 heavy (non-hydrogen) atoms. The Morgan fingerprint density at radius 2 is 1.90 bits per heavy atom. The minimum absolute atomic E-state index is 0.0607. The van der Waals surface area contributed by atoms with Crippen molar-refractivity contribution in [3.8, 4) is 0 Å². The summed E-state index contributed by atoms with van der Waals surface area (Å²) < 4.78 is 0. The maximum atomic E-state index is 12.0. The summed E-state index contributed by atoms with van der Waals surface area (Å²) in [5.74, 6) is 0.0607. The van der Waals surface area contributed by atoms with E-state index in [9.17, 15) is 4.79 Å². The highest BCUT2D eigenvalue weighted by Crippen LogP contribution is 2.33. The first kappa shape index (κ1) is 15.6. The molecule has 0 aromatic heterocycles. The fourth-order valence-electron chi connectivity index (χ4n) is 2.40. The standard InChI is InChI=1S/C16H21N3OS/c1-10-14(11(2)20)15(18-16(17-10)21-5)12-6-8-13(9-7-12)19(3)4/h6-9,15H,1-5H3,(H,17,18). The molecule has 0 amide bonds. The van der Waals surface area contributed by atoms with Crippen molar-refractivity contribution in [2.45, 2.75) is 19.9 Å². The summed E-state index contributed by atoms with van der Waals surface area (Å²) in [6, 6.07) is 7.98. The number of hydrogen-bond donors (Lipinski definition) is 1. The second kappa shape index (κ2) is 6.35. The van der Waals surface area contributed by atoms with Crippen molar-refractivity contribution in [3.05, 3.63) is 41.1 Å². The number of carbonyl (C=O) groups excluding carboxylic acids is 1. The molecule has 0 spiro atoms. The normalized spacial score (nSPS) is 18.1. The third-order valence-corrected chi connectivity index (χ3v) is 4.11. The van der Waals surface area contributed by atoms with E-state index in [-0.39, 0.29) is 11.8 Å². The number of nitrogens with one attached hydrogen (secondary N) is 1. The zero-order valence-corrected chi connectivity index (χ0v) is 13.9. The Balaban J connectivity index is 2.44. The van der Waals surface area contributed by atoms with Crippen molar-refractivity contribution in [1.82, 2.24) is 5.32 Å². The predicted octanol–water partition coefficient (Wildman–Crippen LogP) is 2.98. The van der Waals surface area contributed by atoms with Crippen LogP contribution in [0.1, 0.15) is 25.5 Å². The van der Waals surface area contributed by atoms with Crippen LogP contribution in [0.15, 0.2) is 40.5 Å². The molecule has 1 unspecified atom stereocenters. The van der Waals surface area contributed by atoms with Crippen LogP contribution in [0.3, 0.4) is 0 Å². The zero-order valence-electron chi connectivity index (χ0n) is 13.1. The maximum Gasteiger partial charge on any atom is 0.161 e. The molecule has 0 radical (unpaired) electrons. The molecule has 1 N–H and O–H groups in total. The van der Waals surface area contributed by atoms with E-state index in [1.165, 1.54) is 0 Å². The molecule has 1 aromatic rings. The van der Waals surface area contributed by atoms with Crippen LogP contribution in [0, 0.1) is 0 Å². The average molecular weight is 303 g/mol. The van der Waals surface area contributed by atoms with Gasteiger partial charge in [-0.1, -0.05) is 23.9 Å². The molecule has 1 heterocycles. The molecule has 5 heteroatoms. The molecule has 1 atom stereocenters. The van der Waals surface area contributed by atoms with Gasteiger partial charge in [-0.05, 0) is 37.8 Å². The minimum atomic E-state index is -0.220. The van der Waals surface area contributed by atoms with E-state index in [0.717, 1.165) is 27.7 Å². The van der Waals surface area contributed by atoms with Gasteiger partial charge in [0, 0.05) is 31.1 Å². The molecule has 0 bridgehead atoms. The highest BCUT2D eigenvalue weighted by molar-refractivity contribution is 8.13. The van der Waals surface area contributed by atoms with E-state index < -0.39 is 0 Å². The van der Waals surface area contributed by atoms with Gasteiger partial charge in [0.25, 0.3) is 0 Å². The summed E-state index contributed by atoms with van der Waals surface area (Å²) in [4.78, 5) is 18.7. The molecular weight excluding hydrogens is 282 g/mol. The Kier molecular flexibility index (Phi) is 4.73. The average Bonchev–Trinajstić information content (AvgIpc) is 2.45. The van der Waals surface area contributed by atoms with Gasteiger partial charge in [0.05, 0.1) is 0 Å². The molecule has 4 nitrogen and oxygen atoms in total. The van der Waals surface area contributed by atoms with E-state index in [0.29, 0.717) is 0 Å².